The van der Waals surface area contributed by atoms with Crippen LogP contribution >= 0.6 is 0 Å². The van der Waals surface area contributed by atoms with Gasteiger partial charge in [-0.15, -0.1) is 0 Å². The van der Waals surface area contributed by atoms with Gasteiger partial charge in [0.15, 0.2) is 0 Å². The van der Waals surface area contributed by atoms with E-state index in [9.17, 15) is 0 Å². The first kappa shape index (κ1) is 9.59. The van der Waals surface area contributed by atoms with Gasteiger partial charge in [-0.05, 0) is 32.9 Å². The second-order valence-electron chi connectivity index (χ2n) is 3.98. The van der Waals surface area contributed by atoms with Crippen LogP contribution in [0.5, 0.6) is 0 Å². The molecule has 2 rings (SSSR count). The van der Waals surface area contributed by atoms with Crippen molar-refractivity contribution < 1.29 is 0 Å². The molecule has 1 fully saturated rings. The lowest BCUT2D eigenvalue weighted by atomic mass is 10.1. The minimum Gasteiger partial charge on any atom is -0.299 e. The Hall–Kier alpha value is -0.960. The lowest BCUT2D eigenvalue weighted by Crippen LogP contribution is -2.29. The third-order valence-corrected chi connectivity index (χ3v) is 2.69. The Balaban J connectivity index is 1.92. The fourth-order valence-corrected chi connectivity index (χ4v) is 1.88. The molecule has 0 radical (unpaired) electrons. The molecule has 0 aliphatic carbocycles. The average molecular weight is 191 g/mol. The van der Waals surface area contributed by atoms with Crippen molar-refractivity contribution in [3.63, 3.8) is 0 Å². The molecular formula is C11H17N3. The van der Waals surface area contributed by atoms with E-state index in [4.69, 9.17) is 0 Å². The molecule has 76 valence electrons. The number of aromatic nitrogens is 2. The van der Waals surface area contributed by atoms with Crippen LogP contribution in [0.2, 0.25) is 0 Å². The first-order valence-electron chi connectivity index (χ1n) is 5.34. The number of nitrogens with zero attached hydrogens (tertiary/aromatic N) is 3. The zero-order valence-electron chi connectivity index (χ0n) is 8.74. The second kappa shape index (κ2) is 4.51. The molecule has 14 heavy (non-hydrogen) atoms. The Morgan fingerprint density at radius 2 is 1.79 bits per heavy atom. The van der Waals surface area contributed by atoms with Gasteiger partial charge in [0, 0.05) is 24.5 Å². The number of likely N-dealkylation sites (tertiary alicyclic amines) is 1. The number of aryl methyl sites for hydroxylation is 1. The highest BCUT2D eigenvalue weighted by Gasteiger charge is 2.10. The topological polar surface area (TPSA) is 29.0 Å². The minimum absolute atomic E-state index is 0.854. The first-order chi connectivity index (χ1) is 6.84. The predicted molar refractivity (Wildman–Crippen MR) is 55.9 cm³/mol. The van der Waals surface area contributed by atoms with Crippen LogP contribution in [0.15, 0.2) is 12.4 Å². The standard InChI is InChI=1S/C11H17N3/c1-10-12-7-11(8-13-10)9-14-5-3-2-4-6-14/h7-8H,2-6,9H2,1H3. The van der Waals surface area contributed by atoms with Gasteiger partial charge in [-0.25, -0.2) is 9.97 Å². The van der Waals surface area contributed by atoms with E-state index in [-0.39, 0.29) is 0 Å². The average Bonchev–Trinajstić information content (AvgIpc) is 2.23. The molecule has 0 atom stereocenters. The maximum atomic E-state index is 4.21. The molecule has 1 aliphatic heterocycles. The normalized spacial score (nSPS) is 18.4. The van der Waals surface area contributed by atoms with Gasteiger partial charge >= 0.3 is 0 Å². The van der Waals surface area contributed by atoms with Crippen LogP contribution in [-0.2, 0) is 6.54 Å². The molecule has 0 bridgehead atoms. The maximum Gasteiger partial charge on any atom is 0.125 e. The summed E-state index contributed by atoms with van der Waals surface area (Å²) in [6, 6.07) is 0. The molecule has 2 heterocycles. The summed E-state index contributed by atoms with van der Waals surface area (Å²) < 4.78 is 0. The minimum atomic E-state index is 0.854. The van der Waals surface area contributed by atoms with E-state index in [1.165, 1.54) is 37.9 Å². The summed E-state index contributed by atoms with van der Waals surface area (Å²) in [5.41, 5.74) is 1.23. The van der Waals surface area contributed by atoms with Crippen LogP contribution in [0.25, 0.3) is 0 Å². The zero-order chi connectivity index (χ0) is 9.80. The molecular weight excluding hydrogens is 174 g/mol. The van der Waals surface area contributed by atoms with Gasteiger partial charge in [0.05, 0.1) is 0 Å². The van der Waals surface area contributed by atoms with Crippen LogP contribution in [0, 0.1) is 6.92 Å². The summed E-state index contributed by atoms with van der Waals surface area (Å²) in [7, 11) is 0. The molecule has 0 amide bonds. The molecule has 1 aromatic rings. The van der Waals surface area contributed by atoms with E-state index in [1.807, 2.05) is 19.3 Å². The number of hydrogen-bond donors (Lipinski definition) is 0. The van der Waals surface area contributed by atoms with Crippen molar-refractivity contribution in [2.45, 2.75) is 32.7 Å². The van der Waals surface area contributed by atoms with Crippen molar-refractivity contribution in [2.75, 3.05) is 13.1 Å². The smallest absolute Gasteiger partial charge is 0.125 e. The summed E-state index contributed by atoms with van der Waals surface area (Å²) in [5, 5.41) is 0. The summed E-state index contributed by atoms with van der Waals surface area (Å²) in [5.74, 6) is 0.854. The predicted octanol–water partition coefficient (Wildman–Crippen LogP) is 1.77. The van der Waals surface area contributed by atoms with Gasteiger partial charge in [0.2, 0.25) is 0 Å². The fourth-order valence-electron chi connectivity index (χ4n) is 1.88. The summed E-state index contributed by atoms with van der Waals surface area (Å²) in [6.45, 7) is 5.40. The van der Waals surface area contributed by atoms with Crippen molar-refractivity contribution in [2.24, 2.45) is 0 Å². The van der Waals surface area contributed by atoms with Crippen LogP contribution in [0.1, 0.15) is 30.7 Å². The van der Waals surface area contributed by atoms with Gasteiger partial charge in [-0.1, -0.05) is 6.42 Å². The molecule has 0 saturated carbocycles. The quantitative estimate of drug-likeness (QED) is 0.713. The van der Waals surface area contributed by atoms with Crippen molar-refractivity contribution in [3.05, 3.63) is 23.8 Å². The molecule has 0 unspecified atom stereocenters. The van der Waals surface area contributed by atoms with Crippen molar-refractivity contribution in [1.82, 2.24) is 14.9 Å². The van der Waals surface area contributed by atoms with Gasteiger partial charge in [0.1, 0.15) is 5.82 Å². The van der Waals surface area contributed by atoms with Gasteiger partial charge in [0.25, 0.3) is 0 Å². The van der Waals surface area contributed by atoms with E-state index in [0.29, 0.717) is 0 Å². The zero-order valence-corrected chi connectivity index (χ0v) is 8.74. The first-order valence-corrected chi connectivity index (χ1v) is 5.34. The Bertz CT molecular complexity index is 275. The Morgan fingerprint density at radius 1 is 1.14 bits per heavy atom. The van der Waals surface area contributed by atoms with E-state index in [0.717, 1.165) is 12.4 Å². The van der Waals surface area contributed by atoms with E-state index < -0.39 is 0 Å². The third-order valence-electron chi connectivity index (χ3n) is 2.69. The van der Waals surface area contributed by atoms with Gasteiger partial charge in [-0.2, -0.15) is 0 Å². The van der Waals surface area contributed by atoms with Gasteiger partial charge in [-0.3, -0.25) is 4.90 Å². The Labute approximate surface area is 85.2 Å². The molecule has 1 saturated heterocycles. The summed E-state index contributed by atoms with van der Waals surface area (Å²) >= 11 is 0. The highest BCUT2D eigenvalue weighted by Crippen LogP contribution is 2.11. The maximum absolute atomic E-state index is 4.21. The monoisotopic (exact) mass is 191 g/mol. The van der Waals surface area contributed by atoms with Crippen molar-refractivity contribution in [1.29, 1.82) is 0 Å². The van der Waals surface area contributed by atoms with E-state index >= 15 is 0 Å². The number of piperidine rings is 1. The van der Waals surface area contributed by atoms with E-state index in [2.05, 4.69) is 14.9 Å². The molecule has 0 N–H and O–H groups in total. The van der Waals surface area contributed by atoms with E-state index in [1.54, 1.807) is 0 Å². The molecule has 3 heteroatoms. The molecule has 0 spiro atoms. The summed E-state index contributed by atoms with van der Waals surface area (Å²) in [6.07, 6.45) is 7.95. The molecule has 0 aromatic carbocycles. The highest BCUT2D eigenvalue weighted by atomic mass is 15.1. The Kier molecular flexibility index (Phi) is 3.09. The lowest BCUT2D eigenvalue weighted by Gasteiger charge is -2.26. The Morgan fingerprint density at radius 3 is 2.43 bits per heavy atom. The lowest BCUT2D eigenvalue weighted by molar-refractivity contribution is 0.220. The van der Waals surface area contributed by atoms with Gasteiger partial charge < -0.3 is 0 Å². The van der Waals surface area contributed by atoms with Crippen LogP contribution in [0.4, 0.5) is 0 Å². The van der Waals surface area contributed by atoms with Crippen LogP contribution in [-0.4, -0.2) is 28.0 Å². The fraction of sp³-hybridized carbons (Fsp3) is 0.636. The van der Waals surface area contributed by atoms with Crippen molar-refractivity contribution in [3.8, 4) is 0 Å². The number of hydrogen-bond acceptors (Lipinski definition) is 3. The number of rotatable bonds is 2. The second-order valence-corrected chi connectivity index (χ2v) is 3.98. The van der Waals surface area contributed by atoms with Crippen LogP contribution < -0.4 is 0 Å². The molecule has 1 aliphatic rings. The SMILES string of the molecule is Cc1ncc(CN2CCCCC2)cn1. The molecule has 3 nitrogen and oxygen atoms in total. The largest absolute Gasteiger partial charge is 0.299 e. The third kappa shape index (κ3) is 2.51. The van der Waals surface area contributed by atoms with Crippen molar-refractivity contribution >= 4 is 0 Å². The highest BCUT2D eigenvalue weighted by molar-refractivity contribution is 5.04. The van der Waals surface area contributed by atoms with Crippen LogP contribution in [0.3, 0.4) is 0 Å². The molecule has 1 aromatic heterocycles. The summed E-state index contributed by atoms with van der Waals surface area (Å²) in [4.78, 5) is 10.9.